The highest BCUT2D eigenvalue weighted by Gasteiger charge is 2.38. The molecule has 0 saturated heterocycles. The zero-order valence-electron chi connectivity index (χ0n) is 13.8. The summed E-state index contributed by atoms with van der Waals surface area (Å²) in [6.45, 7) is 3.88. The minimum atomic E-state index is -0.926. The fraction of sp³-hybridized carbons (Fsp3) is 0.300. The highest BCUT2D eigenvalue weighted by Crippen LogP contribution is 2.49. The number of nitrogens with zero attached hydrogens (tertiary/aromatic N) is 1. The molecular formula is C20H20N2O2. The number of hydrogen-bond donors (Lipinski definition) is 2. The summed E-state index contributed by atoms with van der Waals surface area (Å²) in [4.78, 5) is 15.8. The first-order valence-electron chi connectivity index (χ1n) is 8.29. The summed E-state index contributed by atoms with van der Waals surface area (Å²) in [5.74, 6) is -0.112. The quantitative estimate of drug-likeness (QED) is 0.813. The fourth-order valence-corrected chi connectivity index (χ4v) is 3.99. The zero-order chi connectivity index (χ0) is 16.8. The molecule has 3 atom stereocenters. The molecule has 2 heterocycles. The summed E-state index contributed by atoms with van der Waals surface area (Å²) < 4.78 is 0. The van der Waals surface area contributed by atoms with Gasteiger partial charge in [-0.1, -0.05) is 29.8 Å². The summed E-state index contributed by atoms with van der Waals surface area (Å²) in [5, 5.41) is 12.8. The van der Waals surface area contributed by atoms with Gasteiger partial charge in [0.05, 0.1) is 23.0 Å². The van der Waals surface area contributed by atoms with E-state index in [-0.39, 0.29) is 11.6 Å². The van der Waals surface area contributed by atoms with E-state index in [1.165, 1.54) is 11.1 Å². The number of aromatic carboxylic acids is 1. The third kappa shape index (κ3) is 2.30. The molecule has 0 saturated carbocycles. The average Bonchev–Trinajstić information content (AvgIpc) is 3.03. The van der Waals surface area contributed by atoms with Crippen molar-refractivity contribution in [2.45, 2.75) is 32.2 Å². The molecule has 0 radical (unpaired) electrons. The lowest BCUT2D eigenvalue weighted by atomic mass is 9.77. The SMILES string of the molecule is Cc1ccc2c(c1)[C@@H]1C=CC[C@@H]1[C@H](c1ccc(C(=O)O)c(C)n1)N2. The van der Waals surface area contributed by atoms with Crippen molar-refractivity contribution in [2.75, 3.05) is 5.32 Å². The van der Waals surface area contributed by atoms with E-state index >= 15 is 0 Å². The van der Waals surface area contributed by atoms with Crippen LogP contribution in [0, 0.1) is 19.8 Å². The number of fused-ring (bicyclic) bond motifs is 3. The molecule has 0 fully saturated rings. The molecule has 4 nitrogen and oxygen atoms in total. The van der Waals surface area contributed by atoms with Crippen LogP contribution in [-0.2, 0) is 0 Å². The minimum Gasteiger partial charge on any atom is -0.478 e. The van der Waals surface area contributed by atoms with E-state index < -0.39 is 5.97 Å². The number of allylic oxidation sites excluding steroid dienone is 2. The van der Waals surface area contributed by atoms with Crippen LogP contribution >= 0.6 is 0 Å². The van der Waals surface area contributed by atoms with E-state index in [4.69, 9.17) is 0 Å². The lowest BCUT2D eigenvalue weighted by Gasteiger charge is -2.37. The van der Waals surface area contributed by atoms with Crippen LogP contribution in [0.4, 0.5) is 5.69 Å². The van der Waals surface area contributed by atoms with Crippen LogP contribution in [0.15, 0.2) is 42.5 Å². The van der Waals surface area contributed by atoms with Crippen molar-refractivity contribution in [1.29, 1.82) is 0 Å². The summed E-state index contributed by atoms with van der Waals surface area (Å²) in [7, 11) is 0. The van der Waals surface area contributed by atoms with Gasteiger partial charge >= 0.3 is 5.97 Å². The van der Waals surface area contributed by atoms with Crippen molar-refractivity contribution in [3.05, 3.63) is 70.6 Å². The Morgan fingerprint density at radius 2 is 2.08 bits per heavy atom. The highest BCUT2D eigenvalue weighted by atomic mass is 16.4. The lowest BCUT2D eigenvalue weighted by molar-refractivity contribution is 0.0695. The Balaban J connectivity index is 1.76. The van der Waals surface area contributed by atoms with Gasteiger partial charge < -0.3 is 10.4 Å². The van der Waals surface area contributed by atoms with Crippen molar-refractivity contribution < 1.29 is 9.90 Å². The lowest BCUT2D eigenvalue weighted by Crippen LogP contribution is -2.30. The molecule has 0 bridgehead atoms. The average molecular weight is 320 g/mol. The maximum absolute atomic E-state index is 11.2. The first kappa shape index (κ1) is 14.9. The predicted octanol–water partition coefficient (Wildman–Crippen LogP) is 4.22. The number of carbonyl (C=O) groups is 1. The molecule has 0 unspecified atom stereocenters. The van der Waals surface area contributed by atoms with E-state index in [1.54, 1.807) is 13.0 Å². The molecule has 1 aromatic heterocycles. The number of pyridine rings is 1. The van der Waals surface area contributed by atoms with Gasteiger partial charge in [0.2, 0.25) is 0 Å². The second-order valence-corrected chi connectivity index (χ2v) is 6.74. The van der Waals surface area contributed by atoms with E-state index in [1.807, 2.05) is 6.07 Å². The van der Waals surface area contributed by atoms with E-state index in [9.17, 15) is 9.90 Å². The Morgan fingerprint density at radius 1 is 1.25 bits per heavy atom. The van der Waals surface area contributed by atoms with Gasteiger partial charge in [-0.15, -0.1) is 0 Å². The summed E-state index contributed by atoms with van der Waals surface area (Å²) >= 11 is 0. The number of carboxylic acids is 1. The molecule has 24 heavy (non-hydrogen) atoms. The van der Waals surface area contributed by atoms with Gasteiger partial charge in [0.25, 0.3) is 0 Å². The maximum Gasteiger partial charge on any atom is 0.337 e. The smallest absolute Gasteiger partial charge is 0.337 e. The third-order valence-corrected chi connectivity index (χ3v) is 5.17. The standard InChI is InChI=1S/C20H20N2O2/c1-11-6-8-17-16(10-11)14-4-3-5-15(14)19(22-17)18-9-7-13(20(23)24)12(2)21-18/h3-4,6-10,14-15,19,22H,5H2,1-2H3,(H,23,24)/t14-,15+,19-/m1/s1. The van der Waals surface area contributed by atoms with Crippen LogP contribution < -0.4 is 5.32 Å². The summed E-state index contributed by atoms with van der Waals surface area (Å²) in [6.07, 6.45) is 5.56. The fourth-order valence-electron chi connectivity index (χ4n) is 3.99. The Hall–Kier alpha value is -2.62. The minimum absolute atomic E-state index is 0.0988. The Bertz CT molecular complexity index is 857. The summed E-state index contributed by atoms with van der Waals surface area (Å²) in [5.41, 5.74) is 5.53. The van der Waals surface area contributed by atoms with Crippen LogP contribution in [0.25, 0.3) is 0 Å². The monoisotopic (exact) mass is 320 g/mol. The van der Waals surface area contributed by atoms with E-state index in [0.29, 0.717) is 17.5 Å². The number of rotatable bonds is 2. The second kappa shape index (κ2) is 5.48. The molecule has 1 aliphatic carbocycles. The van der Waals surface area contributed by atoms with Crippen LogP contribution in [0.3, 0.4) is 0 Å². The van der Waals surface area contributed by atoms with Crippen LogP contribution in [-0.4, -0.2) is 16.1 Å². The third-order valence-electron chi connectivity index (χ3n) is 5.17. The largest absolute Gasteiger partial charge is 0.478 e. The zero-order valence-corrected chi connectivity index (χ0v) is 13.8. The molecule has 4 rings (SSSR count). The molecule has 2 N–H and O–H groups in total. The van der Waals surface area contributed by atoms with Crippen LogP contribution in [0.2, 0.25) is 0 Å². The van der Waals surface area contributed by atoms with E-state index in [2.05, 4.69) is 47.6 Å². The Kier molecular flexibility index (Phi) is 3.41. The molecule has 2 aromatic rings. The Morgan fingerprint density at radius 3 is 2.83 bits per heavy atom. The van der Waals surface area contributed by atoms with Gasteiger partial charge in [-0.25, -0.2) is 4.79 Å². The predicted molar refractivity (Wildman–Crippen MR) is 93.5 cm³/mol. The first-order chi connectivity index (χ1) is 11.5. The van der Waals surface area contributed by atoms with Crippen LogP contribution in [0.5, 0.6) is 0 Å². The molecule has 122 valence electrons. The van der Waals surface area contributed by atoms with Gasteiger partial charge in [0.15, 0.2) is 0 Å². The molecule has 1 aromatic carbocycles. The number of aryl methyl sites for hydroxylation is 2. The number of aromatic nitrogens is 1. The van der Waals surface area contributed by atoms with Crippen LogP contribution in [0.1, 0.15) is 51.3 Å². The number of benzene rings is 1. The molecule has 0 amide bonds. The Labute approximate surface area is 141 Å². The summed E-state index contributed by atoms with van der Waals surface area (Å²) in [6, 6.07) is 10.1. The van der Waals surface area contributed by atoms with Crippen molar-refractivity contribution in [3.8, 4) is 0 Å². The van der Waals surface area contributed by atoms with Crippen molar-refractivity contribution >= 4 is 11.7 Å². The number of nitrogens with one attached hydrogen (secondary N) is 1. The normalized spacial score (nSPS) is 24.2. The number of hydrogen-bond acceptors (Lipinski definition) is 3. The van der Waals surface area contributed by atoms with Gasteiger partial charge in [-0.05, 0) is 49.9 Å². The van der Waals surface area contributed by atoms with Crippen molar-refractivity contribution in [3.63, 3.8) is 0 Å². The van der Waals surface area contributed by atoms with E-state index in [0.717, 1.165) is 17.8 Å². The van der Waals surface area contributed by atoms with Gasteiger partial charge in [0.1, 0.15) is 0 Å². The van der Waals surface area contributed by atoms with Gasteiger partial charge in [0, 0.05) is 11.6 Å². The number of carboxylic acid groups (broad SMARTS) is 1. The topological polar surface area (TPSA) is 62.2 Å². The van der Waals surface area contributed by atoms with Crippen molar-refractivity contribution in [2.24, 2.45) is 5.92 Å². The molecule has 2 aliphatic rings. The highest BCUT2D eigenvalue weighted by molar-refractivity contribution is 5.88. The number of anilines is 1. The van der Waals surface area contributed by atoms with Gasteiger partial charge in [-0.3, -0.25) is 4.98 Å². The van der Waals surface area contributed by atoms with Crippen molar-refractivity contribution in [1.82, 2.24) is 4.98 Å². The first-order valence-corrected chi connectivity index (χ1v) is 8.29. The molecular weight excluding hydrogens is 300 g/mol. The molecule has 0 spiro atoms. The van der Waals surface area contributed by atoms with Gasteiger partial charge in [-0.2, -0.15) is 0 Å². The maximum atomic E-state index is 11.2. The second-order valence-electron chi connectivity index (χ2n) is 6.74. The molecule has 1 aliphatic heterocycles. The molecule has 4 heteroatoms.